The number of ether oxygens (including phenoxy) is 2. The van der Waals surface area contributed by atoms with Gasteiger partial charge in [0.2, 0.25) is 0 Å². The van der Waals surface area contributed by atoms with Crippen molar-refractivity contribution in [2.45, 2.75) is 0 Å². The molecule has 0 fully saturated rings. The zero-order valence-corrected chi connectivity index (χ0v) is 12.7. The molecule has 0 spiro atoms. The first kappa shape index (κ1) is 15.3. The summed E-state index contributed by atoms with van der Waals surface area (Å²) in [7, 11) is 2.98. The molecule has 6 nitrogen and oxygen atoms in total. The Labute approximate surface area is 131 Å². The third-order valence-corrected chi connectivity index (χ3v) is 3.22. The molecule has 2 rings (SSSR count). The maximum absolute atomic E-state index is 12.3. The van der Waals surface area contributed by atoms with Crippen molar-refractivity contribution in [2.75, 3.05) is 19.5 Å². The Morgan fingerprint density at radius 2 is 1.81 bits per heavy atom. The van der Waals surface area contributed by atoms with E-state index in [1.165, 1.54) is 20.5 Å². The van der Waals surface area contributed by atoms with Crippen molar-refractivity contribution >= 4 is 34.8 Å². The van der Waals surface area contributed by atoms with E-state index >= 15 is 0 Å². The summed E-state index contributed by atoms with van der Waals surface area (Å²) >= 11 is 11.8. The molecular weight excluding hydrogens is 317 g/mol. The molecule has 0 bridgehead atoms. The van der Waals surface area contributed by atoms with Crippen LogP contribution in [0.25, 0.3) is 0 Å². The van der Waals surface area contributed by atoms with Gasteiger partial charge in [0.15, 0.2) is 10.3 Å². The third kappa shape index (κ3) is 3.34. The lowest BCUT2D eigenvalue weighted by molar-refractivity contribution is 0.102. The van der Waals surface area contributed by atoms with E-state index < -0.39 is 5.91 Å². The quantitative estimate of drug-likeness (QED) is 0.873. The summed E-state index contributed by atoms with van der Waals surface area (Å²) in [4.78, 5) is 19.8. The van der Waals surface area contributed by atoms with Gasteiger partial charge in [0.25, 0.3) is 5.91 Å². The van der Waals surface area contributed by atoms with Crippen LogP contribution in [0.1, 0.15) is 10.4 Å². The normalized spacial score (nSPS) is 10.1. The maximum Gasteiger partial charge on any atom is 0.259 e. The molecule has 1 amide bonds. The number of aromatic nitrogens is 2. The molecule has 0 aliphatic rings. The highest BCUT2D eigenvalue weighted by Gasteiger charge is 2.17. The second-order valence-electron chi connectivity index (χ2n) is 3.85. The summed E-state index contributed by atoms with van der Waals surface area (Å²) < 4.78 is 10.2. The minimum atomic E-state index is -0.451. The second kappa shape index (κ2) is 6.60. The summed E-state index contributed by atoms with van der Waals surface area (Å²) in [6.45, 7) is 0. The second-order valence-corrected chi connectivity index (χ2v) is 4.57. The molecule has 0 saturated heterocycles. The van der Waals surface area contributed by atoms with Crippen LogP contribution in [0.4, 0.5) is 5.69 Å². The zero-order valence-electron chi connectivity index (χ0n) is 11.2. The average Bonchev–Trinajstić information content (AvgIpc) is 2.50. The lowest BCUT2D eigenvalue weighted by atomic mass is 10.1. The van der Waals surface area contributed by atoms with Gasteiger partial charge in [-0.3, -0.25) is 4.79 Å². The molecule has 21 heavy (non-hydrogen) atoms. The molecule has 0 aliphatic carbocycles. The van der Waals surface area contributed by atoms with E-state index in [9.17, 15) is 4.79 Å². The number of anilines is 1. The maximum atomic E-state index is 12.3. The fourth-order valence-corrected chi connectivity index (χ4v) is 2.02. The molecule has 1 N–H and O–H groups in total. The van der Waals surface area contributed by atoms with Crippen molar-refractivity contribution < 1.29 is 14.3 Å². The predicted octanol–water partition coefficient (Wildman–Crippen LogP) is 3.05. The Morgan fingerprint density at radius 3 is 2.38 bits per heavy atom. The molecule has 8 heteroatoms. The molecule has 1 aromatic carbocycles. The van der Waals surface area contributed by atoms with Gasteiger partial charge in [-0.1, -0.05) is 23.2 Å². The van der Waals surface area contributed by atoms with Gasteiger partial charge in [-0.15, -0.1) is 0 Å². The summed E-state index contributed by atoms with van der Waals surface area (Å²) in [5.41, 5.74) is 0.443. The number of benzene rings is 1. The number of hydrogen-bond donors (Lipinski definition) is 1. The first-order valence-corrected chi connectivity index (χ1v) is 6.51. The highest BCUT2D eigenvalue weighted by atomic mass is 35.5. The van der Waals surface area contributed by atoms with Gasteiger partial charge < -0.3 is 14.8 Å². The minimum absolute atomic E-state index is 0.0517. The molecular formula is C13H11Cl2N3O3. The van der Waals surface area contributed by atoms with Crippen LogP contribution in [0.15, 0.2) is 24.5 Å². The van der Waals surface area contributed by atoms with Crippen LogP contribution in [0, 0.1) is 0 Å². The molecule has 0 radical (unpaired) electrons. The molecule has 2 aromatic rings. The van der Waals surface area contributed by atoms with E-state index in [2.05, 4.69) is 15.3 Å². The fraction of sp³-hybridized carbons (Fsp3) is 0.154. The van der Waals surface area contributed by atoms with Crippen molar-refractivity contribution in [3.63, 3.8) is 0 Å². The van der Waals surface area contributed by atoms with Gasteiger partial charge >= 0.3 is 0 Å². The Bertz CT molecular complexity index is 659. The van der Waals surface area contributed by atoms with Crippen molar-refractivity contribution in [3.05, 3.63) is 40.4 Å². The highest BCUT2D eigenvalue weighted by molar-refractivity contribution is 6.38. The third-order valence-electron chi connectivity index (χ3n) is 2.65. The number of nitrogens with zero attached hydrogens (tertiary/aromatic N) is 2. The number of carbonyl (C=O) groups excluding carboxylic acids is 1. The van der Waals surface area contributed by atoms with Gasteiger partial charge in [0, 0.05) is 6.07 Å². The Morgan fingerprint density at radius 1 is 1.14 bits per heavy atom. The fourth-order valence-electron chi connectivity index (χ4n) is 1.61. The predicted molar refractivity (Wildman–Crippen MR) is 79.6 cm³/mol. The summed E-state index contributed by atoms with van der Waals surface area (Å²) in [5, 5.41) is 2.66. The lowest BCUT2D eigenvalue weighted by Gasteiger charge is -2.11. The summed E-state index contributed by atoms with van der Waals surface area (Å²) in [6, 6.07) is 4.81. The van der Waals surface area contributed by atoms with Crippen LogP contribution in [0.5, 0.6) is 11.5 Å². The monoisotopic (exact) mass is 327 g/mol. The molecule has 1 heterocycles. The van der Waals surface area contributed by atoms with Crippen LogP contribution in [-0.4, -0.2) is 30.1 Å². The van der Waals surface area contributed by atoms with Crippen LogP contribution < -0.4 is 14.8 Å². The Hall–Kier alpha value is -2.05. The Kier molecular flexibility index (Phi) is 4.82. The zero-order chi connectivity index (χ0) is 15.4. The van der Waals surface area contributed by atoms with Crippen LogP contribution in [-0.2, 0) is 0 Å². The van der Waals surface area contributed by atoms with E-state index in [4.69, 9.17) is 32.7 Å². The smallest absolute Gasteiger partial charge is 0.259 e. The van der Waals surface area contributed by atoms with E-state index in [-0.39, 0.29) is 16.0 Å². The average molecular weight is 328 g/mol. The van der Waals surface area contributed by atoms with Crippen LogP contribution >= 0.6 is 23.2 Å². The number of halogens is 2. The van der Waals surface area contributed by atoms with Crippen LogP contribution in [0.3, 0.4) is 0 Å². The number of hydrogen-bond acceptors (Lipinski definition) is 5. The number of rotatable bonds is 4. The van der Waals surface area contributed by atoms with E-state index in [0.29, 0.717) is 17.1 Å². The Balaban J connectivity index is 2.32. The van der Waals surface area contributed by atoms with Crippen molar-refractivity contribution in [1.29, 1.82) is 0 Å². The van der Waals surface area contributed by atoms with Crippen molar-refractivity contribution in [3.8, 4) is 11.5 Å². The number of nitrogens with one attached hydrogen (secondary N) is 1. The van der Waals surface area contributed by atoms with E-state index in [1.807, 2.05) is 0 Å². The molecule has 0 aliphatic heterocycles. The molecule has 0 saturated carbocycles. The first-order valence-electron chi connectivity index (χ1n) is 5.76. The van der Waals surface area contributed by atoms with Gasteiger partial charge in [-0.05, 0) is 12.1 Å². The summed E-state index contributed by atoms with van der Waals surface area (Å²) in [5.74, 6) is 0.478. The van der Waals surface area contributed by atoms with Crippen molar-refractivity contribution in [2.24, 2.45) is 0 Å². The standard InChI is InChI=1S/C13H11Cl2N3O3/c1-20-7-3-4-8(9(5-7)21-2)13(19)18-10-11(14)16-6-17-12(10)15/h3-6H,1-2H3,(H,18,19). The SMILES string of the molecule is COc1ccc(C(=O)Nc2c(Cl)ncnc2Cl)c(OC)c1. The van der Waals surface area contributed by atoms with Gasteiger partial charge in [0.1, 0.15) is 23.5 Å². The number of carbonyl (C=O) groups is 1. The van der Waals surface area contributed by atoms with E-state index in [0.717, 1.165) is 0 Å². The van der Waals surface area contributed by atoms with E-state index in [1.54, 1.807) is 18.2 Å². The first-order chi connectivity index (χ1) is 10.1. The number of methoxy groups -OCH3 is 2. The molecule has 0 unspecified atom stereocenters. The van der Waals surface area contributed by atoms with Crippen LogP contribution in [0.2, 0.25) is 10.3 Å². The van der Waals surface area contributed by atoms with Gasteiger partial charge in [0.05, 0.1) is 19.8 Å². The largest absolute Gasteiger partial charge is 0.497 e. The van der Waals surface area contributed by atoms with Gasteiger partial charge in [-0.2, -0.15) is 0 Å². The molecule has 1 aromatic heterocycles. The van der Waals surface area contributed by atoms with Crippen molar-refractivity contribution in [1.82, 2.24) is 9.97 Å². The topological polar surface area (TPSA) is 73.3 Å². The molecule has 0 atom stereocenters. The highest BCUT2D eigenvalue weighted by Crippen LogP contribution is 2.29. The van der Waals surface area contributed by atoms with Gasteiger partial charge in [-0.25, -0.2) is 9.97 Å². The lowest BCUT2D eigenvalue weighted by Crippen LogP contribution is -2.14. The molecule has 110 valence electrons. The summed E-state index contributed by atoms with van der Waals surface area (Å²) in [6.07, 6.45) is 1.20. The minimum Gasteiger partial charge on any atom is -0.497 e. The number of amides is 1.